The molecule has 5 nitrogen and oxygen atoms in total. The molecule has 0 unspecified atom stereocenters. The number of benzene rings is 1. The first-order valence-electron chi connectivity index (χ1n) is 8.13. The van der Waals surface area contributed by atoms with Crippen LogP contribution in [0.15, 0.2) is 54.9 Å². The van der Waals surface area contributed by atoms with E-state index in [1.807, 2.05) is 31.3 Å². The number of hydrogen-bond acceptors (Lipinski definition) is 5. The van der Waals surface area contributed by atoms with Crippen molar-refractivity contribution in [3.05, 3.63) is 71.7 Å². The van der Waals surface area contributed by atoms with Crippen molar-refractivity contribution in [2.45, 2.75) is 19.9 Å². The van der Waals surface area contributed by atoms with Crippen LogP contribution in [-0.2, 0) is 13.0 Å². The minimum Gasteiger partial charge on any atom is -0.350 e. The van der Waals surface area contributed by atoms with Gasteiger partial charge >= 0.3 is 0 Å². The first-order chi connectivity index (χ1) is 11.8. The van der Waals surface area contributed by atoms with Gasteiger partial charge in [-0.15, -0.1) is 0 Å². The maximum Gasteiger partial charge on any atom is 0.225 e. The fourth-order valence-corrected chi connectivity index (χ4v) is 3.03. The van der Waals surface area contributed by atoms with Crippen LogP contribution in [0.5, 0.6) is 0 Å². The molecule has 0 atom stereocenters. The molecule has 3 heterocycles. The Morgan fingerprint density at radius 3 is 2.92 bits per heavy atom. The molecule has 0 saturated heterocycles. The zero-order valence-electron chi connectivity index (χ0n) is 13.6. The zero-order chi connectivity index (χ0) is 16.4. The summed E-state index contributed by atoms with van der Waals surface area (Å²) in [5, 5.41) is 3.30. The van der Waals surface area contributed by atoms with Gasteiger partial charge in [0.15, 0.2) is 0 Å². The summed E-state index contributed by atoms with van der Waals surface area (Å²) in [7, 11) is 0. The lowest BCUT2D eigenvalue weighted by Gasteiger charge is -2.19. The average Bonchev–Trinajstić information content (AvgIpc) is 3.05. The van der Waals surface area contributed by atoms with E-state index in [4.69, 9.17) is 4.98 Å². The fraction of sp³-hybridized carbons (Fsp3) is 0.211. The number of para-hydroxylation sites is 1. The van der Waals surface area contributed by atoms with Crippen molar-refractivity contribution in [3.8, 4) is 0 Å². The van der Waals surface area contributed by atoms with E-state index in [1.54, 1.807) is 6.20 Å². The van der Waals surface area contributed by atoms with Gasteiger partial charge in [-0.05, 0) is 36.6 Å². The minimum atomic E-state index is 0.651. The molecule has 24 heavy (non-hydrogen) atoms. The highest BCUT2D eigenvalue weighted by Gasteiger charge is 2.21. The van der Waals surface area contributed by atoms with Gasteiger partial charge in [0.05, 0.1) is 0 Å². The highest BCUT2D eigenvalue weighted by atomic mass is 15.2. The van der Waals surface area contributed by atoms with Crippen molar-refractivity contribution in [1.82, 2.24) is 15.0 Å². The van der Waals surface area contributed by atoms with E-state index in [2.05, 4.69) is 44.5 Å². The Labute approximate surface area is 141 Å². The highest BCUT2D eigenvalue weighted by Crippen LogP contribution is 2.33. The molecule has 0 saturated carbocycles. The molecule has 0 radical (unpaired) electrons. The molecule has 0 bridgehead atoms. The lowest BCUT2D eigenvalue weighted by atomic mass is 10.2. The third-order valence-corrected chi connectivity index (χ3v) is 4.18. The standard InChI is InChI=1S/C19H19N5/c1-14-11-18(24-10-8-16-6-2-3-7-17(16)24)23-19(22-14)21-13-15-5-4-9-20-12-15/h2-7,9,11-12H,8,10,13H2,1H3,(H,21,22,23). The molecule has 1 aromatic carbocycles. The van der Waals surface area contributed by atoms with Crippen LogP contribution in [0.25, 0.3) is 0 Å². The molecule has 0 spiro atoms. The van der Waals surface area contributed by atoms with Gasteiger partial charge in [-0.2, -0.15) is 4.98 Å². The van der Waals surface area contributed by atoms with Gasteiger partial charge < -0.3 is 10.2 Å². The number of aryl methyl sites for hydroxylation is 1. The summed E-state index contributed by atoms with van der Waals surface area (Å²) in [6.07, 6.45) is 4.67. The van der Waals surface area contributed by atoms with E-state index < -0.39 is 0 Å². The zero-order valence-corrected chi connectivity index (χ0v) is 13.6. The first kappa shape index (κ1) is 14.6. The Morgan fingerprint density at radius 2 is 2.04 bits per heavy atom. The van der Waals surface area contributed by atoms with E-state index >= 15 is 0 Å². The number of nitrogens with zero attached hydrogens (tertiary/aromatic N) is 4. The van der Waals surface area contributed by atoms with Crippen molar-refractivity contribution in [2.24, 2.45) is 0 Å². The predicted molar refractivity (Wildman–Crippen MR) is 95.5 cm³/mol. The Hall–Kier alpha value is -2.95. The van der Waals surface area contributed by atoms with Crippen LogP contribution in [0.1, 0.15) is 16.8 Å². The van der Waals surface area contributed by atoms with Crippen molar-refractivity contribution in [2.75, 3.05) is 16.8 Å². The van der Waals surface area contributed by atoms with E-state index in [0.29, 0.717) is 12.5 Å². The smallest absolute Gasteiger partial charge is 0.225 e. The van der Waals surface area contributed by atoms with Crippen LogP contribution in [0.2, 0.25) is 0 Å². The normalized spacial score (nSPS) is 13.0. The molecule has 2 aromatic heterocycles. The minimum absolute atomic E-state index is 0.651. The number of rotatable bonds is 4. The van der Waals surface area contributed by atoms with Gasteiger partial charge in [0, 0.05) is 42.9 Å². The molecule has 1 aliphatic rings. The van der Waals surface area contributed by atoms with E-state index in [0.717, 1.165) is 30.0 Å². The van der Waals surface area contributed by atoms with Crippen LogP contribution >= 0.6 is 0 Å². The Morgan fingerprint density at radius 1 is 1.12 bits per heavy atom. The summed E-state index contributed by atoms with van der Waals surface area (Å²) >= 11 is 0. The van der Waals surface area contributed by atoms with Crippen molar-refractivity contribution >= 4 is 17.5 Å². The van der Waals surface area contributed by atoms with Crippen LogP contribution in [0.4, 0.5) is 17.5 Å². The summed E-state index contributed by atoms with van der Waals surface area (Å²) in [6.45, 7) is 3.62. The van der Waals surface area contributed by atoms with E-state index in [9.17, 15) is 0 Å². The molecule has 0 fully saturated rings. The summed E-state index contributed by atoms with van der Waals surface area (Å²) in [5.41, 5.74) is 4.68. The van der Waals surface area contributed by atoms with Gasteiger partial charge in [0.1, 0.15) is 5.82 Å². The second kappa shape index (κ2) is 6.28. The number of anilines is 3. The maximum atomic E-state index is 4.71. The number of aromatic nitrogens is 3. The summed E-state index contributed by atoms with van der Waals surface area (Å²) in [4.78, 5) is 15.6. The Bertz CT molecular complexity index is 847. The summed E-state index contributed by atoms with van der Waals surface area (Å²) < 4.78 is 0. The third kappa shape index (κ3) is 2.93. The predicted octanol–water partition coefficient (Wildman–Crippen LogP) is 3.49. The van der Waals surface area contributed by atoms with Gasteiger partial charge in [-0.25, -0.2) is 4.98 Å². The first-order valence-corrected chi connectivity index (χ1v) is 8.13. The average molecular weight is 317 g/mol. The second-order valence-corrected chi connectivity index (χ2v) is 5.94. The molecule has 4 rings (SSSR count). The van der Waals surface area contributed by atoms with Crippen molar-refractivity contribution < 1.29 is 0 Å². The number of fused-ring (bicyclic) bond motifs is 1. The molecule has 0 aliphatic carbocycles. The molecule has 1 aliphatic heterocycles. The highest BCUT2D eigenvalue weighted by molar-refractivity contribution is 5.68. The van der Waals surface area contributed by atoms with Crippen LogP contribution < -0.4 is 10.2 Å². The summed E-state index contributed by atoms with van der Waals surface area (Å²) in [5.74, 6) is 1.60. The van der Waals surface area contributed by atoms with Crippen molar-refractivity contribution in [1.29, 1.82) is 0 Å². The van der Waals surface area contributed by atoms with Crippen LogP contribution in [0, 0.1) is 6.92 Å². The van der Waals surface area contributed by atoms with Gasteiger partial charge in [0.25, 0.3) is 0 Å². The van der Waals surface area contributed by atoms with Gasteiger partial charge in [-0.1, -0.05) is 24.3 Å². The van der Waals surface area contributed by atoms with Gasteiger partial charge in [-0.3, -0.25) is 4.98 Å². The lowest BCUT2D eigenvalue weighted by molar-refractivity contribution is 0.947. The van der Waals surface area contributed by atoms with E-state index in [1.165, 1.54) is 11.3 Å². The van der Waals surface area contributed by atoms with Crippen LogP contribution in [0.3, 0.4) is 0 Å². The molecule has 0 amide bonds. The molecule has 120 valence electrons. The monoisotopic (exact) mass is 317 g/mol. The number of pyridine rings is 1. The van der Waals surface area contributed by atoms with Crippen LogP contribution in [-0.4, -0.2) is 21.5 Å². The SMILES string of the molecule is Cc1cc(N2CCc3ccccc32)nc(NCc2cccnc2)n1. The number of nitrogens with one attached hydrogen (secondary N) is 1. The molecular weight excluding hydrogens is 298 g/mol. The Kier molecular flexibility index (Phi) is 3.83. The second-order valence-electron chi connectivity index (χ2n) is 5.94. The van der Waals surface area contributed by atoms with E-state index in [-0.39, 0.29) is 0 Å². The molecule has 3 aromatic rings. The summed E-state index contributed by atoms with van der Waals surface area (Å²) in [6, 6.07) is 14.5. The fourth-order valence-electron chi connectivity index (χ4n) is 3.03. The molecular formula is C19H19N5. The third-order valence-electron chi connectivity index (χ3n) is 4.18. The lowest BCUT2D eigenvalue weighted by Crippen LogP contribution is -2.16. The largest absolute Gasteiger partial charge is 0.350 e. The Balaban J connectivity index is 1.58. The number of hydrogen-bond donors (Lipinski definition) is 1. The molecule has 5 heteroatoms. The topological polar surface area (TPSA) is 53.9 Å². The van der Waals surface area contributed by atoms with Crippen molar-refractivity contribution in [3.63, 3.8) is 0 Å². The van der Waals surface area contributed by atoms with Gasteiger partial charge in [0.2, 0.25) is 5.95 Å². The molecule has 1 N–H and O–H groups in total. The quantitative estimate of drug-likeness (QED) is 0.798. The maximum absolute atomic E-state index is 4.71.